The quantitative estimate of drug-likeness (QED) is 0.631. The first-order chi connectivity index (χ1) is 16.0. The van der Waals surface area contributed by atoms with Gasteiger partial charge in [0.15, 0.2) is 22.8 Å². The highest BCUT2D eigenvalue weighted by Gasteiger charge is 2.79. The van der Waals surface area contributed by atoms with Crippen molar-refractivity contribution in [1.82, 2.24) is 4.90 Å². The van der Waals surface area contributed by atoms with Gasteiger partial charge in [-0.05, 0) is 59.6 Å². The third kappa shape index (κ3) is 2.88. The second-order valence-electron chi connectivity index (χ2n) is 11.1. The van der Waals surface area contributed by atoms with E-state index in [0.717, 1.165) is 12.1 Å². The van der Waals surface area contributed by atoms with Crippen LogP contribution < -0.4 is 4.74 Å². The largest absolute Gasteiger partial charge is 0.507 e. The van der Waals surface area contributed by atoms with E-state index < -0.39 is 17.1 Å². The first-order valence-corrected chi connectivity index (χ1v) is 12.4. The number of carbonyl (C=O) groups is 2. The van der Waals surface area contributed by atoms with E-state index in [4.69, 9.17) is 9.47 Å². The van der Waals surface area contributed by atoms with Gasteiger partial charge in [0, 0.05) is 42.5 Å². The van der Waals surface area contributed by atoms with Gasteiger partial charge < -0.3 is 14.6 Å². The summed E-state index contributed by atoms with van der Waals surface area (Å²) in [5, 5.41) is 10.5. The molecule has 1 N–H and O–H groups in total. The molecule has 6 heteroatoms. The number of rotatable bonds is 6. The second-order valence-corrected chi connectivity index (χ2v) is 11.1. The van der Waals surface area contributed by atoms with Gasteiger partial charge in [-0.25, -0.2) is 0 Å². The summed E-state index contributed by atoms with van der Waals surface area (Å²) in [7, 11) is 0. The first kappa shape index (κ1) is 23.3. The normalized spacial score (nSPS) is 33.2. The summed E-state index contributed by atoms with van der Waals surface area (Å²) in [5.41, 5.74) is -0.682. The van der Waals surface area contributed by atoms with Crippen molar-refractivity contribution in [3.05, 3.63) is 47.1 Å². The monoisotopic (exact) mass is 465 g/mol. The van der Waals surface area contributed by atoms with Crippen molar-refractivity contribution in [2.45, 2.75) is 71.2 Å². The first-order valence-electron chi connectivity index (χ1n) is 12.4. The molecule has 1 aromatic rings. The number of aromatic hydroxyl groups is 1. The van der Waals surface area contributed by atoms with Crippen LogP contribution >= 0.6 is 0 Å². The summed E-state index contributed by atoms with van der Waals surface area (Å²) >= 11 is 0. The van der Waals surface area contributed by atoms with E-state index in [9.17, 15) is 14.7 Å². The summed E-state index contributed by atoms with van der Waals surface area (Å²) < 4.78 is 13.2. The van der Waals surface area contributed by atoms with E-state index in [1.54, 1.807) is 12.1 Å². The number of carbonyl (C=O) groups excluding carboxylic acids is 2. The fourth-order valence-electron chi connectivity index (χ4n) is 6.83. The summed E-state index contributed by atoms with van der Waals surface area (Å²) in [6.45, 7) is 13.8. The maximum Gasteiger partial charge on any atom is 0.200 e. The number of phenolic OH excluding ortho intramolecular Hbond substituents is 1. The smallest absolute Gasteiger partial charge is 0.200 e. The van der Waals surface area contributed by atoms with E-state index in [-0.39, 0.29) is 34.7 Å². The predicted molar refractivity (Wildman–Crippen MR) is 129 cm³/mol. The van der Waals surface area contributed by atoms with Crippen molar-refractivity contribution in [3.8, 4) is 11.5 Å². The van der Waals surface area contributed by atoms with Crippen molar-refractivity contribution in [1.29, 1.82) is 0 Å². The van der Waals surface area contributed by atoms with Crippen LogP contribution in [0.5, 0.6) is 11.5 Å². The van der Waals surface area contributed by atoms with Crippen LogP contribution in [0.1, 0.15) is 58.3 Å². The lowest BCUT2D eigenvalue weighted by Gasteiger charge is -2.59. The Bertz CT molecular complexity index is 1110. The van der Waals surface area contributed by atoms with Crippen molar-refractivity contribution in [2.24, 2.45) is 17.8 Å². The molecule has 2 aliphatic heterocycles. The van der Waals surface area contributed by atoms with Gasteiger partial charge in [0.05, 0.1) is 6.61 Å². The van der Waals surface area contributed by atoms with Gasteiger partial charge in [0.2, 0.25) is 0 Å². The number of hydrogen-bond acceptors (Lipinski definition) is 6. The SMILES string of the molecule is CC(C)=CCC12OC[C@@H]3[C@@H](CN(C(C)C)C(C)C)[C@@H](C=C4C(=O)c5c(O)cccc5O[C@]431)C2=O. The lowest BCUT2D eigenvalue weighted by Crippen LogP contribution is -2.74. The van der Waals surface area contributed by atoms with E-state index in [2.05, 4.69) is 32.6 Å². The molecule has 1 saturated carbocycles. The van der Waals surface area contributed by atoms with Crippen molar-refractivity contribution >= 4 is 11.6 Å². The van der Waals surface area contributed by atoms with Crippen LogP contribution in [0.3, 0.4) is 0 Å². The van der Waals surface area contributed by atoms with Crippen molar-refractivity contribution in [3.63, 3.8) is 0 Å². The standard InChI is InChI=1S/C28H35NO5/c1-15(2)10-11-27-26(32)18-12-20-25(31)24-22(30)8-7-9-23(24)34-28(20,27)21(14-33-27)19(18)13-29(16(3)4)17(5)6/h7-10,12,16-19,21,30H,11,13-14H2,1-6H3/t18-,19+,21-,27?,28-/m1/s1. The Labute approximate surface area is 201 Å². The van der Waals surface area contributed by atoms with Gasteiger partial charge in [0.25, 0.3) is 0 Å². The molecule has 1 spiro atoms. The van der Waals surface area contributed by atoms with E-state index >= 15 is 0 Å². The average Bonchev–Trinajstić information content (AvgIpc) is 3.04. The number of benzene rings is 1. The van der Waals surface area contributed by atoms with Gasteiger partial charge in [-0.3, -0.25) is 14.5 Å². The Morgan fingerprint density at radius 3 is 2.56 bits per heavy atom. The fourth-order valence-corrected chi connectivity index (χ4v) is 6.83. The van der Waals surface area contributed by atoms with Crippen LogP contribution in [0.15, 0.2) is 41.5 Å². The zero-order valence-electron chi connectivity index (χ0n) is 20.9. The summed E-state index contributed by atoms with van der Waals surface area (Å²) in [5.74, 6) is -0.589. The highest BCUT2D eigenvalue weighted by atomic mass is 16.6. The minimum Gasteiger partial charge on any atom is -0.507 e. The minimum atomic E-state index is -1.24. The Kier molecular flexibility index (Phi) is 5.34. The maximum atomic E-state index is 14.2. The molecular formula is C28H35NO5. The van der Waals surface area contributed by atoms with Crippen molar-refractivity contribution in [2.75, 3.05) is 13.2 Å². The molecule has 2 fully saturated rings. The Hall–Kier alpha value is -2.44. The number of fused-ring (bicyclic) bond motifs is 1. The number of ether oxygens (including phenoxy) is 2. The Balaban J connectivity index is 1.70. The number of nitrogens with zero attached hydrogens (tertiary/aromatic N) is 1. The molecule has 1 unspecified atom stereocenters. The molecule has 34 heavy (non-hydrogen) atoms. The highest BCUT2D eigenvalue weighted by molar-refractivity contribution is 6.18. The number of hydrogen-bond donors (Lipinski definition) is 1. The van der Waals surface area contributed by atoms with Crippen molar-refractivity contribution < 1.29 is 24.2 Å². The van der Waals surface area contributed by atoms with Gasteiger partial charge in [-0.15, -0.1) is 0 Å². The molecular weight excluding hydrogens is 430 g/mol. The van der Waals surface area contributed by atoms with Gasteiger partial charge in [0.1, 0.15) is 17.1 Å². The van der Waals surface area contributed by atoms with Crippen LogP contribution in [0.4, 0.5) is 0 Å². The lowest BCUT2D eigenvalue weighted by atomic mass is 9.49. The average molecular weight is 466 g/mol. The summed E-state index contributed by atoms with van der Waals surface area (Å²) in [6.07, 6.45) is 4.23. The van der Waals surface area contributed by atoms with Gasteiger partial charge in [-0.2, -0.15) is 0 Å². The molecule has 6 rings (SSSR count). The molecule has 0 aromatic heterocycles. The van der Waals surface area contributed by atoms with Crippen LogP contribution in [0.25, 0.3) is 0 Å². The third-order valence-corrected chi connectivity index (χ3v) is 8.35. The Morgan fingerprint density at radius 2 is 1.91 bits per heavy atom. The summed E-state index contributed by atoms with van der Waals surface area (Å²) in [6, 6.07) is 5.52. The zero-order chi connectivity index (χ0) is 24.6. The van der Waals surface area contributed by atoms with E-state index in [1.165, 1.54) is 6.07 Å². The molecule has 5 atom stereocenters. The number of phenols is 1. The van der Waals surface area contributed by atoms with Crippen LogP contribution in [0.2, 0.25) is 0 Å². The second kappa shape index (κ2) is 7.79. The molecule has 0 radical (unpaired) electrons. The number of allylic oxidation sites excluding steroid dienone is 2. The fraction of sp³-hybridized carbons (Fsp3) is 0.571. The topological polar surface area (TPSA) is 76.1 Å². The molecule has 2 heterocycles. The highest BCUT2D eigenvalue weighted by Crippen LogP contribution is 2.65. The van der Waals surface area contributed by atoms with E-state index in [0.29, 0.717) is 36.4 Å². The number of Topliss-reactive ketones (excluding diaryl/α,β-unsaturated/α-hetero) is 2. The molecule has 5 aliphatic rings. The van der Waals surface area contributed by atoms with Crippen LogP contribution in [-0.4, -0.2) is 58.0 Å². The summed E-state index contributed by atoms with van der Waals surface area (Å²) in [4.78, 5) is 30.4. The molecule has 4 bridgehead atoms. The molecule has 0 amide bonds. The molecule has 1 saturated heterocycles. The van der Waals surface area contributed by atoms with Crippen LogP contribution in [0, 0.1) is 17.8 Å². The number of ketones is 2. The maximum absolute atomic E-state index is 14.2. The zero-order valence-corrected chi connectivity index (χ0v) is 20.9. The predicted octanol–water partition coefficient (Wildman–Crippen LogP) is 4.32. The Morgan fingerprint density at radius 1 is 1.21 bits per heavy atom. The molecule has 1 aromatic carbocycles. The lowest BCUT2D eigenvalue weighted by molar-refractivity contribution is -0.171. The third-order valence-electron chi connectivity index (χ3n) is 8.35. The molecule has 3 aliphatic carbocycles. The molecule has 182 valence electrons. The van der Waals surface area contributed by atoms with Crippen LogP contribution in [-0.2, 0) is 9.53 Å². The molecule has 6 nitrogen and oxygen atoms in total. The van der Waals surface area contributed by atoms with Gasteiger partial charge >= 0.3 is 0 Å². The minimum absolute atomic E-state index is 0.0105. The van der Waals surface area contributed by atoms with Gasteiger partial charge in [-0.1, -0.05) is 23.8 Å². The van der Waals surface area contributed by atoms with E-state index in [1.807, 2.05) is 26.0 Å².